The number of para-hydroxylation sites is 2. The Bertz CT molecular complexity index is 1050. The van der Waals surface area contributed by atoms with E-state index in [0.29, 0.717) is 37.9 Å². The van der Waals surface area contributed by atoms with E-state index in [0.717, 1.165) is 29.8 Å². The SMILES string of the molecule is Cc1cc(C)n(CCC(=O)N2CCCN(c3nc4ccccc4o3)CC2)c(=O)n1. The van der Waals surface area contributed by atoms with Crippen molar-refractivity contribution in [3.63, 3.8) is 0 Å². The molecule has 1 saturated heterocycles. The summed E-state index contributed by atoms with van der Waals surface area (Å²) in [6.45, 7) is 6.77. The van der Waals surface area contributed by atoms with Crippen LogP contribution in [0.1, 0.15) is 24.2 Å². The van der Waals surface area contributed by atoms with Gasteiger partial charge in [0.15, 0.2) is 5.58 Å². The Balaban J connectivity index is 1.38. The Kier molecular flexibility index (Phi) is 5.33. The Morgan fingerprint density at radius 2 is 1.93 bits per heavy atom. The summed E-state index contributed by atoms with van der Waals surface area (Å²) < 4.78 is 7.43. The van der Waals surface area contributed by atoms with E-state index in [1.165, 1.54) is 0 Å². The van der Waals surface area contributed by atoms with Crippen molar-refractivity contribution in [3.8, 4) is 0 Å². The van der Waals surface area contributed by atoms with Crippen molar-refractivity contribution < 1.29 is 9.21 Å². The van der Waals surface area contributed by atoms with Gasteiger partial charge in [-0.05, 0) is 38.5 Å². The van der Waals surface area contributed by atoms with Crippen LogP contribution in [0.25, 0.3) is 11.1 Å². The molecule has 0 unspecified atom stereocenters. The van der Waals surface area contributed by atoms with Crippen molar-refractivity contribution in [2.45, 2.75) is 33.2 Å². The molecule has 1 aliphatic heterocycles. The molecule has 0 N–H and O–H groups in total. The molecule has 0 aliphatic carbocycles. The number of hydrogen-bond donors (Lipinski definition) is 0. The second-order valence-corrected chi connectivity index (χ2v) is 7.41. The van der Waals surface area contributed by atoms with Crippen molar-refractivity contribution in [1.29, 1.82) is 0 Å². The number of amides is 1. The number of hydrogen-bond acceptors (Lipinski definition) is 6. The number of carbonyl (C=O) groups excluding carboxylic acids is 1. The van der Waals surface area contributed by atoms with E-state index in [-0.39, 0.29) is 18.0 Å². The lowest BCUT2D eigenvalue weighted by atomic mass is 10.3. The number of aromatic nitrogens is 3. The standard InChI is InChI=1S/C21H25N5O3/c1-15-14-16(2)26(20(28)22-15)11-8-19(27)24-9-5-10-25(13-12-24)21-23-17-6-3-4-7-18(17)29-21/h3-4,6-7,14H,5,8-13H2,1-2H3. The lowest BCUT2D eigenvalue weighted by Crippen LogP contribution is -2.36. The fourth-order valence-corrected chi connectivity index (χ4v) is 3.77. The predicted molar refractivity (Wildman–Crippen MR) is 110 cm³/mol. The summed E-state index contributed by atoms with van der Waals surface area (Å²) in [6.07, 6.45) is 1.13. The first-order valence-corrected chi connectivity index (χ1v) is 9.94. The molecule has 0 radical (unpaired) electrons. The van der Waals surface area contributed by atoms with Crippen LogP contribution in [-0.2, 0) is 11.3 Å². The fourth-order valence-electron chi connectivity index (χ4n) is 3.77. The molecule has 8 nitrogen and oxygen atoms in total. The van der Waals surface area contributed by atoms with Crippen molar-refractivity contribution in [3.05, 3.63) is 52.2 Å². The second kappa shape index (κ2) is 8.06. The number of anilines is 1. The summed E-state index contributed by atoms with van der Waals surface area (Å²) in [5, 5.41) is 0. The molecule has 1 amide bonds. The maximum Gasteiger partial charge on any atom is 0.347 e. The molecule has 2 aromatic heterocycles. The van der Waals surface area contributed by atoms with Crippen molar-refractivity contribution >= 4 is 23.0 Å². The molecule has 1 aliphatic rings. The van der Waals surface area contributed by atoms with Gasteiger partial charge in [0.1, 0.15) is 5.52 Å². The molecule has 8 heteroatoms. The van der Waals surface area contributed by atoms with Gasteiger partial charge in [0.25, 0.3) is 6.01 Å². The molecule has 0 spiro atoms. The van der Waals surface area contributed by atoms with Crippen molar-refractivity contribution in [2.24, 2.45) is 0 Å². The van der Waals surface area contributed by atoms with Gasteiger partial charge in [-0.25, -0.2) is 4.79 Å². The first kappa shape index (κ1) is 19.2. The van der Waals surface area contributed by atoms with Gasteiger partial charge in [-0.15, -0.1) is 0 Å². The highest BCUT2D eigenvalue weighted by Gasteiger charge is 2.22. The van der Waals surface area contributed by atoms with Gasteiger partial charge in [-0.1, -0.05) is 12.1 Å². The molecule has 1 aromatic carbocycles. The third-order valence-corrected chi connectivity index (χ3v) is 5.30. The minimum atomic E-state index is -0.298. The molecule has 1 fully saturated rings. The van der Waals surface area contributed by atoms with Crippen molar-refractivity contribution in [1.82, 2.24) is 19.4 Å². The molecule has 0 saturated carbocycles. The van der Waals surface area contributed by atoms with E-state index < -0.39 is 0 Å². The highest BCUT2D eigenvalue weighted by molar-refractivity contribution is 5.76. The smallest absolute Gasteiger partial charge is 0.347 e. The zero-order valence-corrected chi connectivity index (χ0v) is 16.8. The zero-order chi connectivity index (χ0) is 20.4. The van der Waals surface area contributed by atoms with E-state index in [4.69, 9.17) is 4.42 Å². The van der Waals surface area contributed by atoms with Crippen LogP contribution in [0.3, 0.4) is 0 Å². The molecule has 0 bridgehead atoms. The molecule has 4 rings (SSSR count). The Morgan fingerprint density at radius 1 is 1.10 bits per heavy atom. The predicted octanol–water partition coefficient (Wildman–Crippen LogP) is 2.13. The molecule has 3 aromatic rings. The van der Waals surface area contributed by atoms with Crippen LogP contribution in [0, 0.1) is 13.8 Å². The van der Waals surface area contributed by atoms with E-state index in [2.05, 4.69) is 14.9 Å². The maximum absolute atomic E-state index is 12.7. The molecule has 3 heterocycles. The largest absolute Gasteiger partial charge is 0.423 e. The van der Waals surface area contributed by atoms with Crippen molar-refractivity contribution in [2.75, 3.05) is 31.1 Å². The molecule has 0 atom stereocenters. The number of aryl methyl sites for hydroxylation is 2. The first-order valence-electron chi connectivity index (χ1n) is 9.94. The van der Waals surface area contributed by atoms with Crippen LogP contribution in [0.15, 0.2) is 39.5 Å². The summed E-state index contributed by atoms with van der Waals surface area (Å²) in [7, 11) is 0. The Labute approximate surface area is 168 Å². The number of carbonyl (C=O) groups is 1. The minimum absolute atomic E-state index is 0.0521. The third-order valence-electron chi connectivity index (χ3n) is 5.30. The number of benzene rings is 1. The number of rotatable bonds is 4. The lowest BCUT2D eigenvalue weighted by molar-refractivity contribution is -0.131. The van der Waals surface area contributed by atoms with Crippen LogP contribution >= 0.6 is 0 Å². The quantitative estimate of drug-likeness (QED) is 0.673. The summed E-state index contributed by atoms with van der Waals surface area (Å²) in [6, 6.07) is 10.2. The average Bonchev–Trinajstić information content (AvgIpc) is 2.96. The molecule has 29 heavy (non-hydrogen) atoms. The number of oxazole rings is 1. The van der Waals surface area contributed by atoms with Gasteiger partial charge in [0.05, 0.1) is 0 Å². The topological polar surface area (TPSA) is 84.5 Å². The van der Waals surface area contributed by atoms with Crippen LogP contribution < -0.4 is 10.6 Å². The lowest BCUT2D eigenvalue weighted by Gasteiger charge is -2.21. The maximum atomic E-state index is 12.7. The van der Waals surface area contributed by atoms with Crippen LogP contribution in [0.2, 0.25) is 0 Å². The van der Waals surface area contributed by atoms with Crippen LogP contribution in [0.4, 0.5) is 6.01 Å². The fraction of sp³-hybridized carbons (Fsp3) is 0.429. The summed E-state index contributed by atoms with van der Waals surface area (Å²) in [4.78, 5) is 37.3. The summed E-state index contributed by atoms with van der Waals surface area (Å²) in [5.74, 6) is 0.0521. The Hall–Kier alpha value is -3.16. The minimum Gasteiger partial charge on any atom is -0.423 e. The van der Waals surface area contributed by atoms with Crippen LogP contribution in [0.5, 0.6) is 0 Å². The van der Waals surface area contributed by atoms with Gasteiger partial charge >= 0.3 is 5.69 Å². The van der Waals surface area contributed by atoms with Gasteiger partial charge in [-0.3, -0.25) is 9.36 Å². The van der Waals surface area contributed by atoms with Gasteiger partial charge in [0, 0.05) is 50.5 Å². The van der Waals surface area contributed by atoms with Gasteiger partial charge < -0.3 is 14.2 Å². The molecule has 152 valence electrons. The highest BCUT2D eigenvalue weighted by Crippen LogP contribution is 2.22. The number of nitrogens with zero attached hydrogens (tertiary/aromatic N) is 5. The first-order chi connectivity index (χ1) is 14.0. The second-order valence-electron chi connectivity index (χ2n) is 7.41. The van der Waals surface area contributed by atoms with E-state index in [1.807, 2.05) is 42.2 Å². The van der Waals surface area contributed by atoms with E-state index in [9.17, 15) is 9.59 Å². The average molecular weight is 395 g/mol. The van der Waals surface area contributed by atoms with E-state index >= 15 is 0 Å². The van der Waals surface area contributed by atoms with Gasteiger partial charge in [-0.2, -0.15) is 9.97 Å². The summed E-state index contributed by atoms with van der Waals surface area (Å²) in [5.41, 5.74) is 2.84. The van der Waals surface area contributed by atoms with Crippen LogP contribution in [-0.4, -0.2) is 51.5 Å². The zero-order valence-electron chi connectivity index (χ0n) is 16.8. The molecular formula is C21H25N5O3. The normalized spacial score (nSPS) is 15.0. The summed E-state index contributed by atoms with van der Waals surface area (Å²) >= 11 is 0. The third kappa shape index (κ3) is 4.16. The Morgan fingerprint density at radius 3 is 2.72 bits per heavy atom. The monoisotopic (exact) mass is 395 g/mol. The van der Waals surface area contributed by atoms with Gasteiger partial charge in [0.2, 0.25) is 5.91 Å². The number of fused-ring (bicyclic) bond motifs is 1. The molecular weight excluding hydrogens is 370 g/mol. The van der Waals surface area contributed by atoms with E-state index in [1.54, 1.807) is 11.5 Å². The highest BCUT2D eigenvalue weighted by atomic mass is 16.4.